The van der Waals surface area contributed by atoms with Crippen molar-refractivity contribution in [1.29, 1.82) is 0 Å². The lowest BCUT2D eigenvalue weighted by Crippen LogP contribution is -2.22. The number of pyridine rings is 1. The smallest absolute Gasteiger partial charge is 0.335 e. The second-order valence-corrected chi connectivity index (χ2v) is 7.31. The number of ketones is 1. The number of nitrogens with zero attached hydrogens (tertiary/aromatic N) is 1. The number of fused-ring (bicyclic) bond motifs is 5. The van der Waals surface area contributed by atoms with E-state index in [-0.39, 0.29) is 22.5 Å². The third-order valence-electron chi connectivity index (χ3n) is 5.72. The Bertz CT molecular complexity index is 1500. The van der Waals surface area contributed by atoms with Gasteiger partial charge in [-0.3, -0.25) is 14.2 Å². The quantitative estimate of drug-likeness (QED) is 0.467. The predicted molar refractivity (Wildman–Crippen MR) is 118 cm³/mol. The molecule has 0 unspecified atom stereocenters. The lowest BCUT2D eigenvalue weighted by Gasteiger charge is -2.18. The minimum absolute atomic E-state index is 0.0926. The van der Waals surface area contributed by atoms with Crippen LogP contribution in [0.4, 0.5) is 0 Å². The highest BCUT2D eigenvalue weighted by atomic mass is 16.5. The molecular weight excluding hydrogens is 410 g/mol. The number of aromatic carboxylic acids is 1. The molecule has 0 saturated carbocycles. The minimum Gasteiger partial charge on any atom is -0.493 e. The van der Waals surface area contributed by atoms with Crippen LogP contribution in [0.25, 0.3) is 27.7 Å². The van der Waals surface area contributed by atoms with Gasteiger partial charge in [0.15, 0.2) is 17.3 Å². The average molecular weight is 427 g/mol. The van der Waals surface area contributed by atoms with Gasteiger partial charge in [-0.05, 0) is 36.4 Å². The Kier molecular flexibility index (Phi) is 4.34. The zero-order valence-corrected chi connectivity index (χ0v) is 17.2. The van der Waals surface area contributed by atoms with Crippen LogP contribution in [-0.2, 0) is 0 Å². The van der Waals surface area contributed by atoms with Gasteiger partial charge in [-0.15, -0.1) is 0 Å². The van der Waals surface area contributed by atoms with Crippen LogP contribution in [0.3, 0.4) is 0 Å². The third-order valence-corrected chi connectivity index (χ3v) is 5.72. The summed E-state index contributed by atoms with van der Waals surface area (Å²) in [6.07, 6.45) is 0. The predicted octanol–water partition coefficient (Wildman–Crippen LogP) is 3.92. The van der Waals surface area contributed by atoms with Crippen molar-refractivity contribution in [1.82, 2.24) is 4.57 Å². The molecular formula is C25H17NO6. The third kappa shape index (κ3) is 2.58. The van der Waals surface area contributed by atoms with Crippen molar-refractivity contribution in [2.75, 3.05) is 14.2 Å². The molecule has 0 spiro atoms. The molecule has 1 aliphatic rings. The fourth-order valence-electron chi connectivity index (χ4n) is 4.31. The number of methoxy groups -OCH3 is 2. The highest BCUT2D eigenvalue weighted by molar-refractivity contribution is 6.27. The Hall–Kier alpha value is -4.39. The molecule has 32 heavy (non-hydrogen) atoms. The van der Waals surface area contributed by atoms with E-state index in [1.54, 1.807) is 42.5 Å². The van der Waals surface area contributed by atoms with E-state index in [0.29, 0.717) is 39.2 Å². The first kappa shape index (κ1) is 19.6. The van der Waals surface area contributed by atoms with Gasteiger partial charge in [0.25, 0.3) is 5.56 Å². The van der Waals surface area contributed by atoms with Gasteiger partial charge in [0.2, 0.25) is 0 Å². The molecule has 0 radical (unpaired) electrons. The SMILES string of the molecule is COc1ccc2c3c(n(-c4ccc(C(=O)O)cc4)c(=O)c2c1OC)-c1ccccc1C3=O. The minimum atomic E-state index is -1.07. The van der Waals surface area contributed by atoms with E-state index in [2.05, 4.69) is 0 Å². The number of carboxylic acids is 1. The van der Waals surface area contributed by atoms with Gasteiger partial charge in [-0.2, -0.15) is 0 Å². The van der Waals surface area contributed by atoms with Crippen LogP contribution < -0.4 is 15.0 Å². The van der Waals surface area contributed by atoms with Crippen LogP contribution in [0.15, 0.2) is 65.5 Å². The van der Waals surface area contributed by atoms with Crippen molar-refractivity contribution >= 4 is 22.5 Å². The van der Waals surface area contributed by atoms with Crippen LogP contribution in [0.1, 0.15) is 26.3 Å². The van der Waals surface area contributed by atoms with Gasteiger partial charge < -0.3 is 14.6 Å². The molecule has 1 N–H and O–H groups in total. The molecule has 0 bridgehead atoms. The first-order chi connectivity index (χ1) is 15.5. The second-order valence-electron chi connectivity index (χ2n) is 7.31. The standard InChI is InChI=1S/C25H17NO6/c1-31-18-12-11-17-19-21(15-5-3-4-6-16(15)22(19)27)26(24(28)20(17)23(18)32-2)14-9-7-13(8-10-14)25(29)30/h3-12H,1-2H3,(H,29,30). The molecule has 0 fully saturated rings. The summed E-state index contributed by atoms with van der Waals surface area (Å²) in [6, 6.07) is 16.4. The summed E-state index contributed by atoms with van der Waals surface area (Å²) >= 11 is 0. The largest absolute Gasteiger partial charge is 0.493 e. The van der Waals surface area contributed by atoms with Crippen LogP contribution >= 0.6 is 0 Å². The molecule has 1 aromatic heterocycles. The van der Waals surface area contributed by atoms with Gasteiger partial charge in [0.1, 0.15) is 0 Å². The highest BCUT2D eigenvalue weighted by Crippen LogP contribution is 2.43. The molecule has 4 aromatic rings. The maximum atomic E-state index is 13.9. The fraction of sp³-hybridized carbons (Fsp3) is 0.0800. The lowest BCUT2D eigenvalue weighted by atomic mass is 10.0. The summed E-state index contributed by atoms with van der Waals surface area (Å²) in [4.78, 5) is 38.6. The number of rotatable bonds is 4. The zero-order chi connectivity index (χ0) is 22.6. The molecule has 0 amide bonds. The summed E-state index contributed by atoms with van der Waals surface area (Å²) in [7, 11) is 2.91. The number of ether oxygens (including phenoxy) is 2. The number of carboxylic acid groups (broad SMARTS) is 1. The Balaban J connectivity index is 1.98. The fourth-order valence-corrected chi connectivity index (χ4v) is 4.31. The Morgan fingerprint density at radius 1 is 0.875 bits per heavy atom. The number of carbonyl (C=O) groups excluding carboxylic acids is 1. The monoisotopic (exact) mass is 427 g/mol. The van der Waals surface area contributed by atoms with Crippen molar-refractivity contribution in [3.05, 3.63) is 87.7 Å². The number of carbonyl (C=O) groups is 2. The molecule has 7 nitrogen and oxygen atoms in total. The summed E-state index contributed by atoms with van der Waals surface area (Å²) < 4.78 is 12.3. The lowest BCUT2D eigenvalue weighted by molar-refractivity contribution is 0.0696. The van der Waals surface area contributed by atoms with Gasteiger partial charge in [0, 0.05) is 22.2 Å². The Morgan fingerprint density at radius 2 is 1.56 bits per heavy atom. The molecule has 7 heteroatoms. The zero-order valence-electron chi connectivity index (χ0n) is 17.2. The summed E-state index contributed by atoms with van der Waals surface area (Å²) in [6.45, 7) is 0. The number of aromatic nitrogens is 1. The first-order valence-electron chi connectivity index (χ1n) is 9.79. The van der Waals surface area contributed by atoms with E-state index < -0.39 is 11.5 Å². The van der Waals surface area contributed by atoms with Gasteiger partial charge in [-0.25, -0.2) is 4.79 Å². The van der Waals surface area contributed by atoms with E-state index in [1.165, 1.54) is 30.9 Å². The molecule has 0 aliphatic heterocycles. The van der Waals surface area contributed by atoms with Crippen LogP contribution in [0, 0.1) is 0 Å². The highest BCUT2D eigenvalue weighted by Gasteiger charge is 2.34. The number of hydrogen-bond donors (Lipinski definition) is 1. The van der Waals surface area contributed by atoms with Gasteiger partial charge >= 0.3 is 5.97 Å². The van der Waals surface area contributed by atoms with E-state index in [4.69, 9.17) is 9.47 Å². The van der Waals surface area contributed by atoms with Gasteiger partial charge in [-0.1, -0.05) is 24.3 Å². The van der Waals surface area contributed by atoms with E-state index in [9.17, 15) is 19.5 Å². The molecule has 158 valence electrons. The normalized spacial score (nSPS) is 11.9. The van der Waals surface area contributed by atoms with Crippen molar-refractivity contribution in [2.24, 2.45) is 0 Å². The summed E-state index contributed by atoms with van der Waals surface area (Å²) in [5.41, 5.74) is 2.13. The first-order valence-corrected chi connectivity index (χ1v) is 9.79. The van der Waals surface area contributed by atoms with Crippen molar-refractivity contribution < 1.29 is 24.2 Å². The maximum absolute atomic E-state index is 13.9. The number of benzene rings is 3. The van der Waals surface area contributed by atoms with E-state index in [0.717, 1.165) is 0 Å². The molecule has 0 atom stereocenters. The van der Waals surface area contributed by atoms with Crippen LogP contribution in [0.5, 0.6) is 11.5 Å². The molecule has 3 aromatic carbocycles. The Labute approximate surface area is 182 Å². The van der Waals surface area contributed by atoms with Crippen LogP contribution in [0.2, 0.25) is 0 Å². The van der Waals surface area contributed by atoms with Crippen molar-refractivity contribution in [2.45, 2.75) is 0 Å². The summed E-state index contributed by atoms with van der Waals surface area (Å²) in [5.74, 6) is -0.659. The van der Waals surface area contributed by atoms with Crippen LogP contribution in [-0.4, -0.2) is 35.6 Å². The van der Waals surface area contributed by atoms with E-state index >= 15 is 0 Å². The molecule has 1 heterocycles. The second kappa shape index (κ2) is 7.09. The molecule has 5 rings (SSSR count). The van der Waals surface area contributed by atoms with E-state index in [1.807, 2.05) is 6.07 Å². The Morgan fingerprint density at radius 3 is 2.19 bits per heavy atom. The van der Waals surface area contributed by atoms with Crippen molar-refractivity contribution in [3.63, 3.8) is 0 Å². The summed E-state index contributed by atoms with van der Waals surface area (Å²) in [5, 5.41) is 9.94. The average Bonchev–Trinajstić information content (AvgIpc) is 3.11. The topological polar surface area (TPSA) is 94.8 Å². The molecule has 0 saturated heterocycles. The maximum Gasteiger partial charge on any atom is 0.335 e. The molecule has 1 aliphatic carbocycles. The van der Waals surface area contributed by atoms with Crippen molar-refractivity contribution in [3.8, 4) is 28.4 Å². The number of hydrogen-bond acceptors (Lipinski definition) is 5. The van der Waals surface area contributed by atoms with Gasteiger partial charge in [0.05, 0.1) is 36.4 Å².